The quantitative estimate of drug-likeness (QED) is 0.358. The van der Waals surface area contributed by atoms with E-state index in [-0.39, 0.29) is 30.4 Å². The number of carbonyl (C=O) groups is 3. The summed E-state index contributed by atoms with van der Waals surface area (Å²) < 4.78 is 10.5. The van der Waals surface area contributed by atoms with Crippen molar-refractivity contribution in [2.75, 3.05) is 7.11 Å². The molecule has 0 heterocycles. The molecule has 0 spiro atoms. The molecule has 2 rings (SSSR count). The van der Waals surface area contributed by atoms with Crippen molar-refractivity contribution in [2.45, 2.75) is 52.0 Å². The number of carboxylic acids is 1. The highest BCUT2D eigenvalue weighted by Gasteiger charge is 2.19. The third-order valence-electron chi connectivity index (χ3n) is 5.06. The van der Waals surface area contributed by atoms with E-state index in [0.29, 0.717) is 18.7 Å². The largest absolute Gasteiger partial charge is 0.493 e. The molecular formula is C25H31NO6. The van der Waals surface area contributed by atoms with Gasteiger partial charge in [0, 0.05) is 12.5 Å². The summed E-state index contributed by atoms with van der Waals surface area (Å²) in [6.07, 6.45) is 3.01. The second-order valence-corrected chi connectivity index (χ2v) is 7.60. The number of nitrogens with one attached hydrogen (secondary N) is 1. The van der Waals surface area contributed by atoms with E-state index in [4.69, 9.17) is 14.6 Å². The summed E-state index contributed by atoms with van der Waals surface area (Å²) in [6.45, 7) is 2.43. The zero-order chi connectivity index (χ0) is 23.3. The molecule has 0 radical (unpaired) electrons. The third-order valence-corrected chi connectivity index (χ3v) is 5.06. The zero-order valence-electron chi connectivity index (χ0n) is 18.6. The average Bonchev–Trinajstić information content (AvgIpc) is 2.80. The van der Waals surface area contributed by atoms with Gasteiger partial charge in [-0.1, -0.05) is 56.2 Å². The first-order valence-electron chi connectivity index (χ1n) is 10.8. The molecule has 2 aromatic rings. The Morgan fingerprint density at radius 3 is 2.41 bits per heavy atom. The predicted octanol–water partition coefficient (Wildman–Crippen LogP) is 4.13. The van der Waals surface area contributed by atoms with Crippen molar-refractivity contribution in [2.24, 2.45) is 5.92 Å². The van der Waals surface area contributed by atoms with Gasteiger partial charge in [-0.05, 0) is 36.1 Å². The minimum absolute atomic E-state index is 0.00504. The molecule has 0 aliphatic carbocycles. The van der Waals surface area contributed by atoms with E-state index < -0.39 is 11.9 Å². The minimum atomic E-state index is -1.07. The predicted molar refractivity (Wildman–Crippen MR) is 121 cm³/mol. The van der Waals surface area contributed by atoms with E-state index in [0.717, 1.165) is 30.4 Å². The fourth-order valence-electron chi connectivity index (χ4n) is 3.30. The lowest BCUT2D eigenvalue weighted by Gasteiger charge is -2.17. The van der Waals surface area contributed by atoms with Crippen molar-refractivity contribution >= 4 is 17.8 Å². The van der Waals surface area contributed by atoms with Gasteiger partial charge in [0.1, 0.15) is 0 Å². The summed E-state index contributed by atoms with van der Waals surface area (Å²) in [5.74, 6) is -1.26. The molecule has 2 N–H and O–H groups in total. The van der Waals surface area contributed by atoms with E-state index in [1.165, 1.54) is 7.11 Å². The lowest BCUT2D eigenvalue weighted by atomic mass is 9.93. The van der Waals surface area contributed by atoms with Crippen LogP contribution in [0.2, 0.25) is 0 Å². The second-order valence-electron chi connectivity index (χ2n) is 7.60. The molecule has 0 aliphatic heterocycles. The molecule has 0 fully saturated rings. The lowest BCUT2D eigenvalue weighted by Crippen LogP contribution is -2.31. The fourth-order valence-corrected chi connectivity index (χ4v) is 3.30. The Labute approximate surface area is 188 Å². The number of amides is 1. The number of ether oxygens (including phenoxy) is 2. The molecule has 7 heteroatoms. The number of hydrogen-bond donors (Lipinski definition) is 2. The first-order valence-corrected chi connectivity index (χ1v) is 10.8. The summed E-state index contributed by atoms with van der Waals surface area (Å²) in [4.78, 5) is 35.3. The summed E-state index contributed by atoms with van der Waals surface area (Å²) in [5, 5.41) is 11.7. The van der Waals surface area contributed by atoms with Crippen molar-refractivity contribution in [1.29, 1.82) is 0 Å². The first kappa shape index (κ1) is 24.9. The maximum absolute atomic E-state index is 12.9. The maximum Gasteiger partial charge on any atom is 0.311 e. The molecule has 2 aromatic carbocycles. The maximum atomic E-state index is 12.9. The standard InChI is InChI=1S/C25H31NO6/c1-3-4-10-20(15-18-8-6-5-7-9-18)25(30)26-17-19-11-12-21(22(16-19)31-2)32-24(29)14-13-23(27)28/h5-9,11-12,16,20H,3-4,10,13-15,17H2,1-2H3,(H,26,30)(H,27,28). The monoisotopic (exact) mass is 441 g/mol. The normalized spacial score (nSPS) is 11.4. The van der Waals surface area contributed by atoms with Crippen molar-refractivity contribution in [1.82, 2.24) is 5.32 Å². The molecule has 32 heavy (non-hydrogen) atoms. The topological polar surface area (TPSA) is 102 Å². The van der Waals surface area contributed by atoms with Gasteiger partial charge in [0.2, 0.25) is 5.91 Å². The first-order chi connectivity index (χ1) is 15.4. The number of hydrogen-bond acceptors (Lipinski definition) is 5. The molecule has 0 bridgehead atoms. The van der Waals surface area contributed by atoms with E-state index >= 15 is 0 Å². The number of rotatable bonds is 13. The molecule has 1 amide bonds. The molecule has 1 unspecified atom stereocenters. The van der Waals surface area contributed by atoms with E-state index in [9.17, 15) is 14.4 Å². The van der Waals surface area contributed by atoms with Gasteiger partial charge in [0.15, 0.2) is 11.5 Å². The second kappa shape index (κ2) is 13.1. The molecule has 1 atom stereocenters. The molecular weight excluding hydrogens is 410 g/mol. The van der Waals surface area contributed by atoms with Gasteiger partial charge in [-0.25, -0.2) is 0 Å². The molecule has 172 valence electrons. The molecule has 0 saturated heterocycles. The van der Waals surface area contributed by atoms with E-state index in [1.54, 1.807) is 18.2 Å². The Kier molecular flexibility index (Phi) is 10.2. The summed E-state index contributed by atoms with van der Waals surface area (Å²) >= 11 is 0. The van der Waals surface area contributed by atoms with Gasteiger partial charge in [-0.2, -0.15) is 0 Å². The van der Waals surface area contributed by atoms with Crippen molar-refractivity contribution in [3.8, 4) is 11.5 Å². The fraction of sp³-hybridized carbons (Fsp3) is 0.400. The van der Waals surface area contributed by atoms with Gasteiger partial charge in [-0.3, -0.25) is 14.4 Å². The molecule has 0 saturated carbocycles. The zero-order valence-corrected chi connectivity index (χ0v) is 18.6. The number of carboxylic acid groups (broad SMARTS) is 1. The van der Waals surface area contributed by atoms with Crippen LogP contribution in [0.1, 0.15) is 50.2 Å². The average molecular weight is 442 g/mol. The summed E-state index contributed by atoms with van der Waals surface area (Å²) in [5.41, 5.74) is 1.94. The van der Waals surface area contributed by atoms with Gasteiger partial charge in [0.25, 0.3) is 0 Å². The minimum Gasteiger partial charge on any atom is -0.493 e. The number of benzene rings is 2. The van der Waals surface area contributed by atoms with Gasteiger partial charge in [0.05, 0.1) is 20.0 Å². The summed E-state index contributed by atoms with van der Waals surface area (Å²) in [6, 6.07) is 15.0. The molecule has 0 aromatic heterocycles. The smallest absolute Gasteiger partial charge is 0.311 e. The Morgan fingerprint density at radius 2 is 1.75 bits per heavy atom. The SMILES string of the molecule is CCCCC(Cc1ccccc1)C(=O)NCc1ccc(OC(=O)CCC(=O)O)c(OC)c1. The highest BCUT2D eigenvalue weighted by molar-refractivity contribution is 5.79. The molecule has 7 nitrogen and oxygen atoms in total. The van der Waals surface area contributed by atoms with Crippen LogP contribution >= 0.6 is 0 Å². The van der Waals surface area contributed by atoms with Crippen molar-refractivity contribution in [3.63, 3.8) is 0 Å². The van der Waals surface area contributed by atoms with Gasteiger partial charge < -0.3 is 19.9 Å². The van der Waals surface area contributed by atoms with Crippen molar-refractivity contribution < 1.29 is 29.0 Å². The Morgan fingerprint density at radius 1 is 1.00 bits per heavy atom. The Balaban J connectivity index is 1.98. The van der Waals surface area contributed by atoms with Crippen LogP contribution in [0, 0.1) is 5.92 Å². The number of unbranched alkanes of at least 4 members (excludes halogenated alkanes) is 1. The van der Waals surface area contributed by atoms with Crippen LogP contribution in [0.25, 0.3) is 0 Å². The van der Waals surface area contributed by atoms with Crippen LogP contribution < -0.4 is 14.8 Å². The van der Waals surface area contributed by atoms with Crippen LogP contribution in [-0.2, 0) is 27.3 Å². The number of esters is 1. The van der Waals surface area contributed by atoms with Crippen LogP contribution in [0.4, 0.5) is 0 Å². The van der Waals surface area contributed by atoms with Crippen LogP contribution in [0.5, 0.6) is 11.5 Å². The number of carbonyl (C=O) groups excluding carboxylic acids is 2. The van der Waals surface area contributed by atoms with Crippen LogP contribution in [0.3, 0.4) is 0 Å². The number of methoxy groups -OCH3 is 1. The molecule has 0 aliphatic rings. The third kappa shape index (κ3) is 8.41. The van der Waals surface area contributed by atoms with Gasteiger partial charge in [-0.15, -0.1) is 0 Å². The highest BCUT2D eigenvalue weighted by Crippen LogP contribution is 2.28. The number of aliphatic carboxylic acids is 1. The lowest BCUT2D eigenvalue weighted by molar-refractivity contribution is -0.142. The Hall–Kier alpha value is -3.35. The summed E-state index contributed by atoms with van der Waals surface area (Å²) in [7, 11) is 1.45. The van der Waals surface area contributed by atoms with Gasteiger partial charge >= 0.3 is 11.9 Å². The van der Waals surface area contributed by atoms with E-state index in [2.05, 4.69) is 12.2 Å². The van der Waals surface area contributed by atoms with Crippen LogP contribution in [0.15, 0.2) is 48.5 Å². The highest BCUT2D eigenvalue weighted by atomic mass is 16.6. The van der Waals surface area contributed by atoms with Crippen LogP contribution in [-0.4, -0.2) is 30.1 Å². The Bertz CT molecular complexity index is 897. The van der Waals surface area contributed by atoms with E-state index in [1.807, 2.05) is 30.3 Å². The van der Waals surface area contributed by atoms with Crippen molar-refractivity contribution in [3.05, 3.63) is 59.7 Å².